The molecule has 16 heavy (non-hydrogen) atoms. The molecule has 0 aliphatic carbocycles. The molecule has 0 saturated heterocycles. The Morgan fingerprint density at radius 3 is 2.88 bits per heavy atom. The molecule has 1 unspecified atom stereocenters. The van der Waals surface area contributed by atoms with E-state index in [-0.39, 0.29) is 0 Å². The first kappa shape index (κ1) is 11.6. The molecule has 0 radical (unpaired) electrons. The van der Waals surface area contributed by atoms with E-state index in [1.54, 1.807) is 29.7 Å². The summed E-state index contributed by atoms with van der Waals surface area (Å²) < 4.78 is 1.01. The van der Waals surface area contributed by atoms with Gasteiger partial charge in [-0.15, -0.1) is 11.3 Å². The van der Waals surface area contributed by atoms with Crippen molar-refractivity contribution in [3.05, 3.63) is 44.2 Å². The molecule has 0 fully saturated rings. The average Bonchev–Trinajstić information content (AvgIpc) is 2.59. The summed E-state index contributed by atoms with van der Waals surface area (Å²) >= 11 is 4.97. The summed E-state index contributed by atoms with van der Waals surface area (Å²) in [6.07, 6.45) is 0.907. The number of nitrogen functional groups attached to an aromatic ring is 1. The number of halogens is 1. The molecule has 1 atom stereocenters. The molecule has 0 spiro atoms. The molecule has 2 heterocycles. The third-order valence-electron chi connectivity index (χ3n) is 2.31. The lowest BCUT2D eigenvalue weighted by atomic mass is 10.1. The van der Waals surface area contributed by atoms with Crippen molar-refractivity contribution in [1.29, 1.82) is 0 Å². The van der Waals surface area contributed by atoms with E-state index < -0.39 is 6.10 Å². The van der Waals surface area contributed by atoms with E-state index >= 15 is 0 Å². The van der Waals surface area contributed by atoms with Crippen molar-refractivity contribution in [2.45, 2.75) is 13.0 Å². The van der Waals surface area contributed by atoms with E-state index in [1.807, 2.05) is 13.0 Å². The van der Waals surface area contributed by atoms with Crippen LogP contribution in [0.2, 0.25) is 0 Å². The Morgan fingerprint density at radius 1 is 1.56 bits per heavy atom. The standard InChI is InChI=1S/C11H11BrN2OS/c1-6-8(12)5-9(16-6)10(15)7-3-2-4-14-11(7)13/h2-5,10,15H,1H3,(H2,13,14). The zero-order valence-electron chi connectivity index (χ0n) is 8.64. The zero-order valence-corrected chi connectivity index (χ0v) is 11.0. The molecule has 5 heteroatoms. The third kappa shape index (κ3) is 2.11. The Hall–Kier alpha value is -0.910. The van der Waals surface area contributed by atoms with Crippen molar-refractivity contribution in [1.82, 2.24) is 4.98 Å². The summed E-state index contributed by atoms with van der Waals surface area (Å²) in [6.45, 7) is 2.00. The zero-order chi connectivity index (χ0) is 11.7. The molecule has 0 aliphatic heterocycles. The third-order valence-corrected chi connectivity index (χ3v) is 4.50. The number of nitrogens with zero attached hydrogens (tertiary/aromatic N) is 1. The Bertz CT molecular complexity index is 493. The maximum Gasteiger partial charge on any atom is 0.129 e. The maximum atomic E-state index is 10.2. The predicted molar refractivity (Wildman–Crippen MR) is 69.5 cm³/mol. The molecule has 0 aliphatic rings. The fourth-order valence-corrected chi connectivity index (χ4v) is 3.00. The fraction of sp³-hybridized carbons (Fsp3) is 0.182. The number of pyridine rings is 1. The minimum atomic E-state index is -0.705. The smallest absolute Gasteiger partial charge is 0.129 e. The van der Waals surface area contributed by atoms with Gasteiger partial charge >= 0.3 is 0 Å². The molecule has 3 N–H and O–H groups in total. The van der Waals surface area contributed by atoms with E-state index in [2.05, 4.69) is 20.9 Å². The van der Waals surface area contributed by atoms with Gasteiger partial charge < -0.3 is 10.8 Å². The first-order chi connectivity index (χ1) is 7.59. The summed E-state index contributed by atoms with van der Waals surface area (Å²) in [7, 11) is 0. The van der Waals surface area contributed by atoms with E-state index in [0.717, 1.165) is 14.2 Å². The van der Waals surface area contributed by atoms with Gasteiger partial charge in [0.15, 0.2) is 0 Å². The van der Waals surface area contributed by atoms with Crippen molar-refractivity contribution in [2.75, 3.05) is 5.73 Å². The molecule has 0 amide bonds. The molecule has 2 rings (SSSR count). The molecule has 84 valence electrons. The summed E-state index contributed by atoms with van der Waals surface area (Å²) in [4.78, 5) is 5.97. The Labute approximate surface area is 106 Å². The number of aliphatic hydroxyl groups excluding tert-OH is 1. The van der Waals surface area contributed by atoms with E-state index in [1.165, 1.54) is 0 Å². The molecule has 3 nitrogen and oxygen atoms in total. The maximum absolute atomic E-state index is 10.2. The van der Waals surface area contributed by atoms with Gasteiger partial charge in [0, 0.05) is 26.0 Å². The number of hydrogen-bond donors (Lipinski definition) is 2. The van der Waals surface area contributed by atoms with Crippen LogP contribution in [0.15, 0.2) is 28.9 Å². The first-order valence-corrected chi connectivity index (χ1v) is 6.35. The van der Waals surface area contributed by atoms with Gasteiger partial charge in [0.1, 0.15) is 11.9 Å². The molecule has 0 bridgehead atoms. The van der Waals surface area contributed by atoms with Gasteiger partial charge in [0.2, 0.25) is 0 Å². The average molecular weight is 299 g/mol. The Balaban J connectivity index is 2.39. The summed E-state index contributed by atoms with van der Waals surface area (Å²) in [5, 5.41) is 10.2. The van der Waals surface area contributed by atoms with Crippen LogP contribution in [0, 0.1) is 6.92 Å². The number of aliphatic hydroxyl groups is 1. The molecule has 0 aromatic carbocycles. The topological polar surface area (TPSA) is 59.1 Å². The number of rotatable bonds is 2. The van der Waals surface area contributed by atoms with Gasteiger partial charge in [-0.2, -0.15) is 0 Å². The van der Waals surface area contributed by atoms with Crippen molar-refractivity contribution >= 4 is 33.1 Å². The van der Waals surface area contributed by atoms with Crippen LogP contribution in [0.4, 0.5) is 5.82 Å². The van der Waals surface area contributed by atoms with Crippen LogP contribution in [0.5, 0.6) is 0 Å². The first-order valence-electron chi connectivity index (χ1n) is 4.74. The highest BCUT2D eigenvalue weighted by atomic mass is 79.9. The number of nitrogens with two attached hydrogens (primary N) is 1. The van der Waals surface area contributed by atoms with Crippen LogP contribution in [0.3, 0.4) is 0 Å². The fourth-order valence-electron chi connectivity index (χ4n) is 1.43. The lowest BCUT2D eigenvalue weighted by Gasteiger charge is -2.10. The van der Waals surface area contributed by atoms with Gasteiger partial charge in [-0.3, -0.25) is 0 Å². The summed E-state index contributed by atoms with van der Waals surface area (Å²) in [6, 6.07) is 5.47. The quantitative estimate of drug-likeness (QED) is 0.896. The molecule has 2 aromatic rings. The van der Waals surface area contributed by atoms with E-state index in [4.69, 9.17) is 5.73 Å². The minimum absolute atomic E-state index is 0.372. The van der Waals surface area contributed by atoms with Crippen molar-refractivity contribution in [2.24, 2.45) is 0 Å². The number of anilines is 1. The predicted octanol–water partition coefficient (Wildman–Crippen LogP) is 2.88. The van der Waals surface area contributed by atoms with Crippen molar-refractivity contribution < 1.29 is 5.11 Å². The molecular weight excluding hydrogens is 288 g/mol. The SMILES string of the molecule is Cc1sc(C(O)c2cccnc2N)cc1Br. The lowest BCUT2D eigenvalue weighted by Crippen LogP contribution is -2.03. The Morgan fingerprint density at radius 2 is 2.31 bits per heavy atom. The Kier molecular flexibility index (Phi) is 3.28. The van der Waals surface area contributed by atoms with Crippen LogP contribution >= 0.6 is 27.3 Å². The van der Waals surface area contributed by atoms with Gasteiger partial charge in [-0.05, 0) is 35.0 Å². The normalized spacial score (nSPS) is 12.7. The summed E-state index contributed by atoms with van der Waals surface area (Å²) in [5.74, 6) is 0.372. The van der Waals surface area contributed by atoms with E-state index in [0.29, 0.717) is 11.4 Å². The van der Waals surface area contributed by atoms with Gasteiger partial charge in [0.25, 0.3) is 0 Å². The second-order valence-electron chi connectivity index (χ2n) is 3.43. The van der Waals surface area contributed by atoms with Crippen LogP contribution in [0.1, 0.15) is 21.4 Å². The second kappa shape index (κ2) is 4.53. The van der Waals surface area contributed by atoms with E-state index in [9.17, 15) is 5.11 Å². The molecule has 2 aromatic heterocycles. The highest BCUT2D eigenvalue weighted by Crippen LogP contribution is 2.34. The van der Waals surface area contributed by atoms with Crippen LogP contribution < -0.4 is 5.73 Å². The number of hydrogen-bond acceptors (Lipinski definition) is 4. The van der Waals surface area contributed by atoms with Crippen LogP contribution in [-0.4, -0.2) is 10.1 Å². The summed E-state index contributed by atoms with van der Waals surface area (Å²) in [5.41, 5.74) is 6.37. The van der Waals surface area contributed by atoms with Gasteiger partial charge in [0.05, 0.1) is 0 Å². The van der Waals surface area contributed by atoms with Gasteiger partial charge in [-0.1, -0.05) is 6.07 Å². The van der Waals surface area contributed by atoms with Crippen molar-refractivity contribution in [3.8, 4) is 0 Å². The second-order valence-corrected chi connectivity index (χ2v) is 5.58. The highest BCUT2D eigenvalue weighted by Gasteiger charge is 2.16. The van der Waals surface area contributed by atoms with Crippen LogP contribution in [-0.2, 0) is 0 Å². The molecule has 0 saturated carbocycles. The van der Waals surface area contributed by atoms with Crippen molar-refractivity contribution in [3.63, 3.8) is 0 Å². The van der Waals surface area contributed by atoms with Gasteiger partial charge in [-0.25, -0.2) is 4.98 Å². The minimum Gasteiger partial charge on any atom is -0.383 e. The number of aromatic nitrogens is 1. The molecular formula is C11H11BrN2OS. The lowest BCUT2D eigenvalue weighted by molar-refractivity contribution is 0.224. The highest BCUT2D eigenvalue weighted by molar-refractivity contribution is 9.10. The number of thiophene rings is 1. The number of aryl methyl sites for hydroxylation is 1. The monoisotopic (exact) mass is 298 g/mol. The largest absolute Gasteiger partial charge is 0.383 e. The van der Waals surface area contributed by atoms with Crippen LogP contribution in [0.25, 0.3) is 0 Å².